The van der Waals surface area contributed by atoms with Crippen molar-refractivity contribution >= 4 is 21.6 Å². The van der Waals surface area contributed by atoms with Gasteiger partial charge in [0.05, 0.1) is 15.5 Å². The minimum atomic E-state index is -4.70. The van der Waals surface area contributed by atoms with Crippen molar-refractivity contribution in [3.63, 3.8) is 0 Å². The molecular formula is C11H12ClF3N2O2S. The molecule has 0 amide bonds. The fourth-order valence-corrected chi connectivity index (χ4v) is 3.45. The van der Waals surface area contributed by atoms with Crippen LogP contribution in [0.3, 0.4) is 0 Å². The first-order valence-electron chi connectivity index (χ1n) is 5.80. The van der Waals surface area contributed by atoms with Gasteiger partial charge in [0.1, 0.15) is 0 Å². The average Bonchev–Trinajstić information content (AvgIpc) is 2.79. The topological polar surface area (TPSA) is 58.2 Å². The van der Waals surface area contributed by atoms with Crippen LogP contribution in [0, 0.1) is 0 Å². The molecule has 1 heterocycles. The number of rotatable bonds is 3. The summed E-state index contributed by atoms with van der Waals surface area (Å²) in [4.78, 5) is -0.443. The van der Waals surface area contributed by atoms with Crippen molar-refractivity contribution in [2.75, 3.05) is 13.1 Å². The predicted octanol–water partition coefficient (Wildman–Crippen LogP) is 2.00. The zero-order valence-electron chi connectivity index (χ0n) is 10.2. The third kappa shape index (κ3) is 3.43. The molecule has 20 heavy (non-hydrogen) atoms. The molecule has 0 radical (unpaired) electrons. The fraction of sp³-hybridized carbons (Fsp3) is 0.455. The van der Waals surface area contributed by atoms with E-state index in [1.165, 1.54) is 0 Å². The van der Waals surface area contributed by atoms with Gasteiger partial charge in [0.25, 0.3) is 0 Å². The summed E-state index contributed by atoms with van der Waals surface area (Å²) in [6.07, 6.45) is -4.10. The predicted molar refractivity (Wildman–Crippen MR) is 68.1 cm³/mol. The maximum absolute atomic E-state index is 12.7. The Bertz CT molecular complexity index is 598. The van der Waals surface area contributed by atoms with Gasteiger partial charge in [0.2, 0.25) is 10.0 Å². The Labute approximate surface area is 119 Å². The molecule has 112 valence electrons. The summed E-state index contributed by atoms with van der Waals surface area (Å²) in [6.45, 7) is 1.13. The molecular weight excluding hydrogens is 317 g/mol. The summed E-state index contributed by atoms with van der Waals surface area (Å²) in [5.41, 5.74) is -1.16. The van der Waals surface area contributed by atoms with E-state index in [2.05, 4.69) is 10.0 Å². The van der Waals surface area contributed by atoms with Gasteiger partial charge in [-0.15, -0.1) is 0 Å². The van der Waals surface area contributed by atoms with E-state index >= 15 is 0 Å². The molecule has 0 unspecified atom stereocenters. The van der Waals surface area contributed by atoms with E-state index in [0.29, 0.717) is 25.6 Å². The van der Waals surface area contributed by atoms with Gasteiger partial charge >= 0.3 is 6.18 Å². The molecule has 0 aliphatic carbocycles. The lowest BCUT2D eigenvalue weighted by atomic mass is 10.2. The zero-order valence-corrected chi connectivity index (χ0v) is 11.7. The molecule has 1 atom stereocenters. The first kappa shape index (κ1) is 15.6. The van der Waals surface area contributed by atoms with E-state index < -0.39 is 31.7 Å². The Morgan fingerprint density at radius 3 is 2.60 bits per heavy atom. The molecule has 1 saturated heterocycles. The largest absolute Gasteiger partial charge is 0.417 e. The van der Waals surface area contributed by atoms with Gasteiger partial charge < -0.3 is 5.32 Å². The van der Waals surface area contributed by atoms with E-state index in [1.807, 2.05) is 0 Å². The van der Waals surface area contributed by atoms with E-state index in [9.17, 15) is 21.6 Å². The molecule has 1 fully saturated rings. The number of hydrogen-bond acceptors (Lipinski definition) is 3. The molecule has 9 heteroatoms. The van der Waals surface area contributed by atoms with Crippen LogP contribution in [0.5, 0.6) is 0 Å². The van der Waals surface area contributed by atoms with Crippen molar-refractivity contribution < 1.29 is 21.6 Å². The zero-order chi connectivity index (χ0) is 15.0. The minimum Gasteiger partial charge on any atom is -0.315 e. The van der Waals surface area contributed by atoms with Crippen LogP contribution < -0.4 is 10.0 Å². The molecule has 1 aromatic carbocycles. The van der Waals surface area contributed by atoms with Gasteiger partial charge in [-0.25, -0.2) is 13.1 Å². The van der Waals surface area contributed by atoms with Crippen molar-refractivity contribution in [1.82, 2.24) is 10.0 Å². The number of hydrogen-bond donors (Lipinski definition) is 2. The maximum Gasteiger partial charge on any atom is 0.417 e. The highest BCUT2D eigenvalue weighted by molar-refractivity contribution is 7.89. The van der Waals surface area contributed by atoms with Gasteiger partial charge in [-0.05, 0) is 31.2 Å². The summed E-state index contributed by atoms with van der Waals surface area (Å²) < 4.78 is 64.6. The summed E-state index contributed by atoms with van der Waals surface area (Å²) in [6, 6.07) is 2.23. The molecule has 2 N–H and O–H groups in total. The van der Waals surface area contributed by atoms with Crippen molar-refractivity contribution in [3.8, 4) is 0 Å². The fourth-order valence-electron chi connectivity index (χ4n) is 1.93. The lowest BCUT2D eigenvalue weighted by Gasteiger charge is -2.14. The smallest absolute Gasteiger partial charge is 0.315 e. The standard InChI is InChI=1S/C11H12ClF3N2O2S/c12-10-2-1-8(5-9(10)11(13,14)15)20(18,19)17-7-3-4-16-6-7/h1-2,5,7,16-17H,3-4,6H2/t7-/m0/s1. The van der Waals surface area contributed by atoms with Crippen LogP contribution >= 0.6 is 11.6 Å². The van der Waals surface area contributed by atoms with Crippen molar-refractivity contribution in [3.05, 3.63) is 28.8 Å². The lowest BCUT2D eigenvalue weighted by molar-refractivity contribution is -0.137. The van der Waals surface area contributed by atoms with Crippen LogP contribution in [0.15, 0.2) is 23.1 Å². The Kier molecular flexibility index (Phi) is 4.29. The summed E-state index contributed by atoms with van der Waals surface area (Å²) >= 11 is 5.46. The Balaban J connectivity index is 2.32. The van der Waals surface area contributed by atoms with E-state index in [-0.39, 0.29) is 6.04 Å². The van der Waals surface area contributed by atoms with Crippen LogP contribution in [0.4, 0.5) is 13.2 Å². The quantitative estimate of drug-likeness (QED) is 0.892. The molecule has 1 aliphatic rings. The molecule has 0 saturated carbocycles. The van der Waals surface area contributed by atoms with Crippen molar-refractivity contribution in [1.29, 1.82) is 0 Å². The highest BCUT2D eigenvalue weighted by Crippen LogP contribution is 2.35. The van der Waals surface area contributed by atoms with Crippen LogP contribution in [0.2, 0.25) is 5.02 Å². The van der Waals surface area contributed by atoms with Crippen LogP contribution in [0.1, 0.15) is 12.0 Å². The van der Waals surface area contributed by atoms with E-state index in [1.54, 1.807) is 0 Å². The highest BCUT2D eigenvalue weighted by atomic mass is 35.5. The number of nitrogens with one attached hydrogen (secondary N) is 2. The highest BCUT2D eigenvalue weighted by Gasteiger charge is 2.35. The molecule has 1 aromatic rings. The third-order valence-corrected chi connectivity index (χ3v) is 4.78. The summed E-state index contributed by atoms with van der Waals surface area (Å²) in [5.74, 6) is 0. The molecule has 0 aromatic heterocycles. The van der Waals surface area contributed by atoms with Gasteiger partial charge in [0, 0.05) is 12.6 Å². The number of sulfonamides is 1. The molecule has 2 rings (SSSR count). The van der Waals surface area contributed by atoms with Crippen molar-refractivity contribution in [2.24, 2.45) is 0 Å². The second-order valence-corrected chi connectivity index (χ2v) is 6.57. The monoisotopic (exact) mass is 328 g/mol. The SMILES string of the molecule is O=S(=O)(N[C@H]1CCNC1)c1ccc(Cl)c(C(F)(F)F)c1. The van der Waals surface area contributed by atoms with Gasteiger partial charge in [-0.1, -0.05) is 11.6 Å². The molecule has 4 nitrogen and oxygen atoms in total. The van der Waals surface area contributed by atoms with Crippen molar-refractivity contribution in [2.45, 2.75) is 23.5 Å². The van der Waals surface area contributed by atoms with Crippen LogP contribution in [0.25, 0.3) is 0 Å². The Hall–Kier alpha value is -0.830. The molecule has 0 spiro atoms. The van der Waals surface area contributed by atoms with E-state index in [4.69, 9.17) is 11.6 Å². The van der Waals surface area contributed by atoms with Crippen LogP contribution in [-0.4, -0.2) is 27.5 Å². The summed E-state index contributed by atoms with van der Waals surface area (Å²) in [5, 5.41) is 2.43. The van der Waals surface area contributed by atoms with Gasteiger partial charge in [0.15, 0.2) is 0 Å². The molecule has 1 aliphatic heterocycles. The number of benzene rings is 1. The molecule has 0 bridgehead atoms. The second kappa shape index (κ2) is 5.51. The van der Waals surface area contributed by atoms with E-state index in [0.717, 1.165) is 12.1 Å². The van der Waals surface area contributed by atoms with Crippen LogP contribution in [-0.2, 0) is 16.2 Å². The Morgan fingerprint density at radius 1 is 1.35 bits per heavy atom. The second-order valence-electron chi connectivity index (χ2n) is 4.45. The van der Waals surface area contributed by atoms with Gasteiger partial charge in [-0.2, -0.15) is 13.2 Å². The first-order chi connectivity index (χ1) is 9.20. The number of alkyl halides is 3. The van der Waals surface area contributed by atoms with Gasteiger partial charge in [-0.3, -0.25) is 0 Å². The Morgan fingerprint density at radius 2 is 2.05 bits per heavy atom. The third-order valence-electron chi connectivity index (χ3n) is 2.94. The first-order valence-corrected chi connectivity index (χ1v) is 7.66. The normalized spacial score (nSPS) is 20.3. The average molecular weight is 329 g/mol. The maximum atomic E-state index is 12.7. The lowest BCUT2D eigenvalue weighted by Crippen LogP contribution is -2.36. The summed E-state index contributed by atoms with van der Waals surface area (Å²) in [7, 11) is -3.99. The minimum absolute atomic E-state index is 0.315. The number of halogens is 4.